The maximum atomic E-state index is 12.2. The van der Waals surface area contributed by atoms with E-state index in [0.29, 0.717) is 0 Å². The van der Waals surface area contributed by atoms with E-state index in [-0.39, 0.29) is 5.56 Å². The van der Waals surface area contributed by atoms with Crippen LogP contribution in [0.4, 0.5) is 0 Å². The number of nitrogens with zero attached hydrogens (tertiary/aromatic N) is 2. The molecule has 1 aromatic heterocycles. The number of halogens is 1. The van der Waals surface area contributed by atoms with Gasteiger partial charge in [-0.25, -0.2) is 4.98 Å². The Labute approximate surface area is 130 Å². The molecule has 0 saturated carbocycles. The summed E-state index contributed by atoms with van der Waals surface area (Å²) in [4.78, 5) is 17.7. The van der Waals surface area contributed by atoms with Crippen LogP contribution in [0.25, 0.3) is 0 Å². The maximum Gasteiger partial charge on any atom is 0.267 e. The highest BCUT2D eigenvalue weighted by Crippen LogP contribution is 2.29. The van der Waals surface area contributed by atoms with E-state index in [1.807, 2.05) is 24.3 Å². The van der Waals surface area contributed by atoms with Crippen molar-refractivity contribution in [2.24, 2.45) is 7.05 Å². The maximum absolute atomic E-state index is 12.2. The van der Waals surface area contributed by atoms with E-state index < -0.39 is 0 Å². The molecule has 1 aromatic carbocycles. The highest BCUT2D eigenvalue weighted by Gasteiger charge is 2.20. The quantitative estimate of drug-likeness (QED) is 0.640. The van der Waals surface area contributed by atoms with Gasteiger partial charge in [0.2, 0.25) is 0 Å². The number of aromatic nitrogens is 2. The second-order valence-corrected chi connectivity index (χ2v) is 7.03. The number of thioether (sulfide) groups is 2. The van der Waals surface area contributed by atoms with Crippen molar-refractivity contribution in [3.63, 3.8) is 0 Å². The number of hydrogen-bond donors (Lipinski definition) is 0. The Bertz CT molecular complexity index is 698. The van der Waals surface area contributed by atoms with Crippen molar-refractivity contribution in [1.29, 1.82) is 0 Å². The van der Waals surface area contributed by atoms with Gasteiger partial charge in [0.15, 0.2) is 5.16 Å². The van der Waals surface area contributed by atoms with Crippen LogP contribution in [0, 0.1) is 0 Å². The number of rotatable bonds is 3. The summed E-state index contributed by atoms with van der Waals surface area (Å²) in [5.41, 5.74) is 2.20. The predicted molar refractivity (Wildman–Crippen MR) is 84.9 cm³/mol. The zero-order chi connectivity index (χ0) is 14.1. The molecule has 0 bridgehead atoms. The molecule has 0 unspecified atom stereocenters. The van der Waals surface area contributed by atoms with Crippen molar-refractivity contribution in [3.8, 4) is 0 Å². The minimum atomic E-state index is 0.0797. The third kappa shape index (κ3) is 2.75. The normalized spacial score (nSPS) is 13.5. The molecule has 0 saturated heterocycles. The summed E-state index contributed by atoms with van der Waals surface area (Å²) in [6.45, 7) is 0. The summed E-state index contributed by atoms with van der Waals surface area (Å²) < 4.78 is 1.65. The molecular weight excluding hydrogens is 312 g/mol. The Morgan fingerprint density at radius 1 is 1.40 bits per heavy atom. The second kappa shape index (κ2) is 5.84. The van der Waals surface area contributed by atoms with Crippen LogP contribution in [0.5, 0.6) is 0 Å². The average Bonchev–Trinajstić information content (AvgIpc) is 2.91. The summed E-state index contributed by atoms with van der Waals surface area (Å²) in [7, 11) is 1.79. The fraction of sp³-hybridized carbons (Fsp3) is 0.286. The van der Waals surface area contributed by atoms with Crippen molar-refractivity contribution in [1.82, 2.24) is 9.55 Å². The Kier molecular flexibility index (Phi) is 4.10. The molecule has 3 nitrogen and oxygen atoms in total. The smallest absolute Gasteiger partial charge is 0.267 e. The molecule has 1 aliphatic rings. The van der Waals surface area contributed by atoms with Gasteiger partial charge in [-0.2, -0.15) is 0 Å². The summed E-state index contributed by atoms with van der Waals surface area (Å²) >= 11 is 9.07. The Morgan fingerprint density at radius 2 is 2.15 bits per heavy atom. The monoisotopic (exact) mass is 324 g/mol. The molecule has 2 aromatic rings. The largest absolute Gasteiger partial charge is 0.290 e. The molecule has 6 heteroatoms. The molecule has 0 atom stereocenters. The van der Waals surface area contributed by atoms with E-state index in [1.54, 1.807) is 35.1 Å². The summed E-state index contributed by atoms with van der Waals surface area (Å²) in [6.07, 6.45) is 0.893. The van der Waals surface area contributed by atoms with Crippen LogP contribution in [-0.2, 0) is 19.2 Å². The van der Waals surface area contributed by atoms with Crippen LogP contribution in [0.2, 0.25) is 5.02 Å². The van der Waals surface area contributed by atoms with E-state index in [9.17, 15) is 4.79 Å². The van der Waals surface area contributed by atoms with E-state index in [0.717, 1.165) is 38.7 Å². The molecular formula is C14H13ClN2OS2. The van der Waals surface area contributed by atoms with Crippen LogP contribution >= 0.6 is 35.1 Å². The van der Waals surface area contributed by atoms with Gasteiger partial charge >= 0.3 is 0 Å². The van der Waals surface area contributed by atoms with Gasteiger partial charge in [0.1, 0.15) is 0 Å². The van der Waals surface area contributed by atoms with Crippen LogP contribution in [-0.4, -0.2) is 15.3 Å². The van der Waals surface area contributed by atoms with E-state index in [2.05, 4.69) is 4.98 Å². The van der Waals surface area contributed by atoms with Gasteiger partial charge in [0, 0.05) is 30.0 Å². The van der Waals surface area contributed by atoms with Crippen molar-refractivity contribution in [3.05, 3.63) is 50.9 Å². The molecule has 3 rings (SSSR count). The molecule has 1 aliphatic heterocycles. The number of fused-ring (bicyclic) bond motifs is 1. The minimum absolute atomic E-state index is 0.0797. The van der Waals surface area contributed by atoms with Gasteiger partial charge in [0.25, 0.3) is 5.56 Å². The Morgan fingerprint density at radius 3 is 2.90 bits per heavy atom. The van der Waals surface area contributed by atoms with Gasteiger partial charge in [-0.1, -0.05) is 35.5 Å². The van der Waals surface area contributed by atoms with Crippen LogP contribution in [0.3, 0.4) is 0 Å². The van der Waals surface area contributed by atoms with Gasteiger partial charge < -0.3 is 0 Å². The summed E-state index contributed by atoms with van der Waals surface area (Å²) in [6, 6.07) is 7.75. The van der Waals surface area contributed by atoms with E-state index >= 15 is 0 Å². The summed E-state index contributed by atoms with van der Waals surface area (Å²) in [5, 5.41) is 1.52. The van der Waals surface area contributed by atoms with Crippen molar-refractivity contribution < 1.29 is 0 Å². The van der Waals surface area contributed by atoms with Gasteiger partial charge in [0.05, 0.1) is 10.6 Å². The average molecular weight is 325 g/mol. The highest BCUT2D eigenvalue weighted by atomic mass is 35.5. The topological polar surface area (TPSA) is 34.9 Å². The SMILES string of the molecule is Cn1c(SCc2ccc(Cl)cc2)nc2c(c1=O)SCC2. The van der Waals surface area contributed by atoms with Gasteiger partial charge in [-0.3, -0.25) is 9.36 Å². The predicted octanol–water partition coefficient (Wildman–Crippen LogP) is 3.37. The lowest BCUT2D eigenvalue weighted by atomic mass is 10.2. The lowest BCUT2D eigenvalue weighted by Gasteiger charge is -2.09. The first kappa shape index (κ1) is 14.0. The van der Waals surface area contributed by atoms with Crippen LogP contribution in [0.1, 0.15) is 11.3 Å². The fourth-order valence-electron chi connectivity index (χ4n) is 2.03. The van der Waals surface area contributed by atoms with E-state index in [4.69, 9.17) is 11.6 Å². The van der Waals surface area contributed by atoms with Gasteiger partial charge in [-0.05, 0) is 17.7 Å². The van der Waals surface area contributed by atoms with Crippen molar-refractivity contribution in [2.45, 2.75) is 22.2 Å². The minimum Gasteiger partial charge on any atom is -0.290 e. The van der Waals surface area contributed by atoms with Crippen molar-refractivity contribution in [2.75, 3.05) is 5.75 Å². The zero-order valence-corrected chi connectivity index (χ0v) is 13.3. The molecule has 0 aliphatic carbocycles. The molecule has 2 heterocycles. The molecule has 104 valence electrons. The highest BCUT2D eigenvalue weighted by molar-refractivity contribution is 7.99. The molecule has 20 heavy (non-hydrogen) atoms. The third-order valence-corrected chi connectivity index (χ3v) is 5.61. The number of hydrogen-bond acceptors (Lipinski definition) is 4. The number of benzene rings is 1. The number of aryl methyl sites for hydroxylation is 1. The first-order valence-electron chi connectivity index (χ1n) is 6.25. The van der Waals surface area contributed by atoms with E-state index in [1.165, 1.54) is 5.56 Å². The fourth-order valence-corrected chi connectivity index (χ4v) is 4.17. The Balaban J connectivity index is 1.83. The zero-order valence-electron chi connectivity index (χ0n) is 10.9. The van der Waals surface area contributed by atoms with Crippen LogP contribution < -0.4 is 5.56 Å². The molecule has 0 N–H and O–H groups in total. The molecule has 0 fully saturated rings. The van der Waals surface area contributed by atoms with Crippen LogP contribution in [0.15, 0.2) is 39.1 Å². The molecule has 0 spiro atoms. The second-order valence-electron chi connectivity index (χ2n) is 4.55. The molecule has 0 radical (unpaired) electrons. The standard InChI is InChI=1S/C14H13ClN2OS2/c1-17-13(18)12-11(6-7-19-12)16-14(17)20-8-9-2-4-10(15)5-3-9/h2-5H,6-8H2,1H3. The lowest BCUT2D eigenvalue weighted by molar-refractivity contribution is 0.669. The first-order chi connectivity index (χ1) is 9.65. The summed E-state index contributed by atoms with van der Waals surface area (Å²) in [5.74, 6) is 1.74. The third-order valence-electron chi connectivity index (χ3n) is 3.14. The lowest BCUT2D eigenvalue weighted by Crippen LogP contribution is -2.22. The van der Waals surface area contributed by atoms with Gasteiger partial charge in [-0.15, -0.1) is 11.8 Å². The molecule has 0 amide bonds. The first-order valence-corrected chi connectivity index (χ1v) is 8.60. The Hall–Kier alpha value is -0.910. The van der Waals surface area contributed by atoms with Crippen molar-refractivity contribution >= 4 is 35.1 Å².